The minimum atomic E-state index is -3.14. The van der Waals surface area contributed by atoms with Crippen LogP contribution in [0.4, 0.5) is 0 Å². The quantitative estimate of drug-likeness (QED) is 0.520. The molecule has 0 amide bonds. The molecule has 14 heavy (non-hydrogen) atoms. The molecule has 0 saturated carbocycles. The fourth-order valence-corrected chi connectivity index (χ4v) is 1.45. The number of carbonyl (C=O) groups is 1. The zero-order chi connectivity index (χ0) is 10.7. The molecule has 1 saturated heterocycles. The van der Waals surface area contributed by atoms with Crippen molar-refractivity contribution in [3.8, 4) is 0 Å². The first-order chi connectivity index (χ1) is 6.50. The van der Waals surface area contributed by atoms with Crippen LogP contribution in [-0.2, 0) is 14.0 Å². The number of guanidine groups is 1. The van der Waals surface area contributed by atoms with Gasteiger partial charge in [0, 0.05) is 6.54 Å². The highest BCUT2D eigenvalue weighted by Crippen LogP contribution is 2.20. The second kappa shape index (κ2) is 4.41. The van der Waals surface area contributed by atoms with Gasteiger partial charge < -0.3 is 14.9 Å². The van der Waals surface area contributed by atoms with Gasteiger partial charge in [-0.25, -0.2) is 5.06 Å². The molecule has 0 aromatic rings. The van der Waals surface area contributed by atoms with E-state index in [0.717, 1.165) is 5.06 Å². The molecular formula is C5H10N3O5P. The van der Waals surface area contributed by atoms with Gasteiger partial charge in [0.05, 0.1) is 6.54 Å². The summed E-state index contributed by atoms with van der Waals surface area (Å²) in [6, 6.07) is 0. The third-order valence-electron chi connectivity index (χ3n) is 1.62. The van der Waals surface area contributed by atoms with Gasteiger partial charge in [-0.05, 0) is 0 Å². The van der Waals surface area contributed by atoms with Crippen LogP contribution in [0.15, 0.2) is 0 Å². The molecule has 0 spiro atoms. The standard InChI is InChI=1S/C5H10N3O5P/c6-5-7(3-4(9)10)1-2-8(5)13-14(11)12/h6,14H,1-3H2,(H,9,10)(H,11,12). The Labute approximate surface area is 80.1 Å². The van der Waals surface area contributed by atoms with Crippen LogP contribution in [0.1, 0.15) is 0 Å². The Morgan fingerprint density at radius 1 is 1.64 bits per heavy atom. The highest BCUT2D eigenvalue weighted by atomic mass is 31.1. The van der Waals surface area contributed by atoms with E-state index in [1.807, 2.05) is 0 Å². The Balaban J connectivity index is 2.51. The predicted molar refractivity (Wildman–Crippen MR) is 45.9 cm³/mol. The Bertz CT molecular complexity index is 257. The van der Waals surface area contributed by atoms with Crippen molar-refractivity contribution < 1.29 is 24.0 Å². The number of nitrogens with one attached hydrogen (secondary N) is 1. The lowest BCUT2D eigenvalue weighted by Gasteiger charge is -2.17. The normalized spacial score (nSPS) is 18.8. The zero-order valence-corrected chi connectivity index (χ0v) is 8.13. The second-order valence-electron chi connectivity index (χ2n) is 2.60. The predicted octanol–water partition coefficient (Wildman–Crippen LogP) is -1.06. The van der Waals surface area contributed by atoms with Crippen molar-refractivity contribution in [3.05, 3.63) is 0 Å². The molecule has 0 bridgehead atoms. The molecule has 0 aromatic carbocycles. The van der Waals surface area contributed by atoms with Gasteiger partial charge in [-0.2, -0.15) is 4.62 Å². The number of hydrogen-bond acceptors (Lipinski definition) is 4. The van der Waals surface area contributed by atoms with Gasteiger partial charge in [0.25, 0.3) is 0 Å². The molecule has 1 aliphatic rings. The fourth-order valence-electron chi connectivity index (χ4n) is 1.08. The van der Waals surface area contributed by atoms with Gasteiger partial charge in [0.2, 0.25) is 5.96 Å². The average Bonchev–Trinajstić information content (AvgIpc) is 2.34. The van der Waals surface area contributed by atoms with Gasteiger partial charge >= 0.3 is 14.2 Å². The third-order valence-corrected chi connectivity index (χ3v) is 2.00. The van der Waals surface area contributed by atoms with Gasteiger partial charge in [-0.15, -0.1) is 0 Å². The van der Waals surface area contributed by atoms with Gasteiger partial charge in [-0.1, -0.05) is 0 Å². The molecule has 0 aliphatic carbocycles. The number of hydroxylamine groups is 2. The van der Waals surface area contributed by atoms with E-state index in [1.165, 1.54) is 4.90 Å². The van der Waals surface area contributed by atoms with Crippen molar-refractivity contribution in [1.29, 1.82) is 5.41 Å². The van der Waals surface area contributed by atoms with Gasteiger partial charge in [0.1, 0.15) is 6.54 Å². The molecule has 1 heterocycles. The highest BCUT2D eigenvalue weighted by Gasteiger charge is 2.28. The topological polar surface area (TPSA) is 114 Å². The summed E-state index contributed by atoms with van der Waals surface area (Å²) in [5.74, 6) is -1.27. The van der Waals surface area contributed by atoms with Crippen molar-refractivity contribution >= 4 is 20.2 Å². The summed E-state index contributed by atoms with van der Waals surface area (Å²) < 4.78 is 14.7. The number of nitrogens with zero attached hydrogens (tertiary/aromatic N) is 2. The summed E-state index contributed by atoms with van der Waals surface area (Å²) >= 11 is 0. The number of aliphatic carboxylic acids is 1. The summed E-state index contributed by atoms with van der Waals surface area (Å²) in [7, 11) is -3.14. The first-order valence-electron chi connectivity index (χ1n) is 3.74. The Kier molecular flexibility index (Phi) is 3.45. The summed E-state index contributed by atoms with van der Waals surface area (Å²) in [5, 5.41) is 16.7. The number of rotatable bonds is 4. The van der Waals surface area contributed by atoms with Crippen LogP contribution in [0.25, 0.3) is 0 Å². The van der Waals surface area contributed by atoms with Crippen molar-refractivity contribution in [1.82, 2.24) is 9.96 Å². The minimum absolute atomic E-state index is 0.209. The van der Waals surface area contributed by atoms with Crippen molar-refractivity contribution in [2.24, 2.45) is 0 Å². The Morgan fingerprint density at radius 2 is 2.29 bits per heavy atom. The Hall–Kier alpha value is -1.11. The van der Waals surface area contributed by atoms with Gasteiger partial charge in [-0.3, -0.25) is 14.8 Å². The second-order valence-corrected chi connectivity index (χ2v) is 3.31. The molecule has 1 aliphatic heterocycles. The summed E-state index contributed by atoms with van der Waals surface area (Å²) in [6.07, 6.45) is 0. The maximum absolute atomic E-state index is 10.3. The molecule has 1 fully saturated rings. The largest absolute Gasteiger partial charge is 0.480 e. The molecule has 9 heteroatoms. The van der Waals surface area contributed by atoms with E-state index in [1.54, 1.807) is 0 Å². The van der Waals surface area contributed by atoms with Crippen LogP contribution in [0.5, 0.6) is 0 Å². The number of hydrogen-bond donors (Lipinski definition) is 3. The molecule has 3 N–H and O–H groups in total. The number of carboxylic acids is 1. The summed E-state index contributed by atoms with van der Waals surface area (Å²) in [4.78, 5) is 20.0. The first kappa shape index (κ1) is 11.0. The smallest absolute Gasteiger partial charge is 0.337 e. The van der Waals surface area contributed by atoms with E-state index in [4.69, 9.17) is 15.4 Å². The number of carboxylic acid groups (broad SMARTS) is 1. The molecular weight excluding hydrogens is 213 g/mol. The zero-order valence-electron chi connectivity index (χ0n) is 7.13. The lowest BCUT2D eigenvalue weighted by atomic mass is 10.5. The van der Waals surface area contributed by atoms with Crippen LogP contribution < -0.4 is 0 Å². The van der Waals surface area contributed by atoms with E-state index >= 15 is 0 Å². The Morgan fingerprint density at radius 3 is 2.79 bits per heavy atom. The van der Waals surface area contributed by atoms with Crippen molar-refractivity contribution in [3.63, 3.8) is 0 Å². The molecule has 0 radical (unpaired) electrons. The van der Waals surface area contributed by atoms with Crippen LogP contribution >= 0.6 is 8.25 Å². The van der Waals surface area contributed by atoms with E-state index in [-0.39, 0.29) is 19.0 Å². The van der Waals surface area contributed by atoms with E-state index < -0.39 is 14.2 Å². The van der Waals surface area contributed by atoms with E-state index in [9.17, 15) is 9.36 Å². The van der Waals surface area contributed by atoms with Crippen LogP contribution in [0.2, 0.25) is 0 Å². The van der Waals surface area contributed by atoms with Crippen molar-refractivity contribution in [2.45, 2.75) is 0 Å². The maximum atomic E-state index is 10.3. The molecule has 8 nitrogen and oxygen atoms in total. The van der Waals surface area contributed by atoms with Gasteiger partial charge in [0.15, 0.2) is 0 Å². The van der Waals surface area contributed by atoms with E-state index in [2.05, 4.69) is 4.62 Å². The third kappa shape index (κ3) is 2.69. The van der Waals surface area contributed by atoms with E-state index in [0.29, 0.717) is 6.54 Å². The molecule has 1 atom stereocenters. The lowest BCUT2D eigenvalue weighted by molar-refractivity contribution is -0.137. The highest BCUT2D eigenvalue weighted by molar-refractivity contribution is 7.32. The molecule has 80 valence electrons. The lowest BCUT2D eigenvalue weighted by Crippen LogP contribution is -2.35. The molecule has 0 aromatic heterocycles. The van der Waals surface area contributed by atoms with Crippen LogP contribution in [-0.4, -0.2) is 51.5 Å². The SMILES string of the molecule is N=C1N(CC(=O)O)CCN1O[PH](=O)O. The molecule has 1 rings (SSSR count). The minimum Gasteiger partial charge on any atom is -0.480 e. The van der Waals surface area contributed by atoms with Crippen LogP contribution in [0, 0.1) is 5.41 Å². The first-order valence-corrected chi connectivity index (χ1v) is 5.01. The maximum Gasteiger partial charge on any atom is 0.337 e. The van der Waals surface area contributed by atoms with Crippen LogP contribution in [0.3, 0.4) is 0 Å². The molecule has 1 unspecified atom stereocenters. The fraction of sp³-hybridized carbons (Fsp3) is 0.600. The summed E-state index contributed by atoms with van der Waals surface area (Å²) in [6.45, 7) is 0.189. The monoisotopic (exact) mass is 223 g/mol. The van der Waals surface area contributed by atoms with Crippen molar-refractivity contribution in [2.75, 3.05) is 19.6 Å². The average molecular weight is 223 g/mol. The summed E-state index contributed by atoms with van der Waals surface area (Å²) in [5.41, 5.74) is 0.